The Kier molecular flexibility index (Phi) is 4.73. The van der Waals surface area contributed by atoms with E-state index < -0.39 is 0 Å². The van der Waals surface area contributed by atoms with Crippen molar-refractivity contribution in [2.75, 3.05) is 12.3 Å². The third-order valence-electron chi connectivity index (χ3n) is 3.41. The molecule has 2 unspecified atom stereocenters. The molecule has 0 amide bonds. The van der Waals surface area contributed by atoms with Crippen LogP contribution in [0.4, 0.5) is 5.82 Å². The van der Waals surface area contributed by atoms with Gasteiger partial charge in [-0.2, -0.15) is 0 Å². The Hall–Kier alpha value is -2.17. The number of hydrogen-bond acceptors (Lipinski definition) is 6. The van der Waals surface area contributed by atoms with Gasteiger partial charge in [0.25, 0.3) is 0 Å². The van der Waals surface area contributed by atoms with Crippen LogP contribution in [0.25, 0.3) is 11.2 Å². The first-order chi connectivity index (χ1) is 10.2. The Balaban J connectivity index is 0.000000774. The maximum Gasteiger partial charge on any atom is 0.167 e. The molecule has 2 aromatic heterocycles. The maximum absolute atomic E-state index is 9.13. The predicted octanol–water partition coefficient (Wildman–Crippen LogP) is 0.890. The fourth-order valence-electron chi connectivity index (χ4n) is 2.38. The molecule has 1 aliphatic rings. The van der Waals surface area contributed by atoms with Gasteiger partial charge in [0.1, 0.15) is 17.6 Å². The molecule has 3 heterocycles. The van der Waals surface area contributed by atoms with Crippen molar-refractivity contribution in [3.05, 3.63) is 12.2 Å². The number of nitrogen functional groups attached to an aromatic ring is 1. The second-order valence-corrected chi connectivity index (χ2v) is 4.68. The van der Waals surface area contributed by atoms with Crippen molar-refractivity contribution in [1.82, 2.24) is 19.5 Å². The Bertz CT molecular complexity index is 637. The van der Waals surface area contributed by atoms with E-state index in [0.717, 1.165) is 19.3 Å². The Labute approximate surface area is 123 Å². The fourth-order valence-corrected chi connectivity index (χ4v) is 2.38. The van der Waals surface area contributed by atoms with E-state index in [9.17, 15) is 0 Å². The molecule has 3 rings (SSSR count). The molecule has 1 saturated heterocycles. The van der Waals surface area contributed by atoms with Gasteiger partial charge in [-0.1, -0.05) is 6.92 Å². The molecular formula is C14H19N5O2. The second kappa shape index (κ2) is 6.52. The topological polar surface area (TPSA) is 99.1 Å². The Morgan fingerprint density at radius 3 is 2.81 bits per heavy atom. The van der Waals surface area contributed by atoms with Crippen LogP contribution in [-0.4, -0.2) is 37.3 Å². The standard InChI is InChI=1S/C12H17N5O2.C2H2/c1-2-8-15-11(13)10-12(16-8)17(6-14-10)9-4-3-7(5-18)19-9;1-2/h6-7,9,18H,2-5H2,1H3,(H2,13,15,16);1-2H. The number of ether oxygens (including phenoxy) is 1. The van der Waals surface area contributed by atoms with E-state index in [2.05, 4.69) is 27.8 Å². The van der Waals surface area contributed by atoms with Crippen molar-refractivity contribution in [1.29, 1.82) is 0 Å². The molecule has 0 radical (unpaired) electrons. The van der Waals surface area contributed by atoms with Gasteiger partial charge < -0.3 is 15.6 Å². The van der Waals surface area contributed by atoms with Gasteiger partial charge in [-0.3, -0.25) is 4.57 Å². The lowest BCUT2D eigenvalue weighted by Gasteiger charge is -2.14. The average Bonchev–Trinajstić information content (AvgIpc) is 3.15. The first-order valence-corrected chi connectivity index (χ1v) is 6.81. The number of aliphatic hydroxyl groups excluding tert-OH is 1. The number of nitrogens with zero attached hydrogens (tertiary/aromatic N) is 4. The van der Waals surface area contributed by atoms with E-state index >= 15 is 0 Å². The number of nitrogens with two attached hydrogens (primary N) is 1. The van der Waals surface area contributed by atoms with Gasteiger partial charge in [0.2, 0.25) is 0 Å². The summed E-state index contributed by atoms with van der Waals surface area (Å²) in [5, 5.41) is 9.13. The highest BCUT2D eigenvalue weighted by molar-refractivity contribution is 5.81. The van der Waals surface area contributed by atoms with Crippen molar-refractivity contribution in [3.8, 4) is 12.8 Å². The molecule has 7 nitrogen and oxygen atoms in total. The molecule has 0 bridgehead atoms. The lowest BCUT2D eigenvalue weighted by atomic mass is 10.2. The third kappa shape index (κ3) is 2.82. The first-order valence-electron chi connectivity index (χ1n) is 6.81. The van der Waals surface area contributed by atoms with Crippen molar-refractivity contribution in [3.63, 3.8) is 0 Å². The number of fused-ring (bicyclic) bond motifs is 1. The molecule has 0 aromatic carbocycles. The molecule has 112 valence electrons. The maximum atomic E-state index is 9.13. The summed E-state index contributed by atoms with van der Waals surface area (Å²) in [6.45, 7) is 2.02. The Morgan fingerprint density at radius 2 is 2.19 bits per heavy atom. The number of aryl methyl sites for hydroxylation is 1. The minimum Gasteiger partial charge on any atom is -0.394 e. The van der Waals surface area contributed by atoms with Gasteiger partial charge in [0.15, 0.2) is 11.5 Å². The molecule has 0 saturated carbocycles. The van der Waals surface area contributed by atoms with E-state index in [-0.39, 0.29) is 18.9 Å². The van der Waals surface area contributed by atoms with Gasteiger partial charge in [-0.25, -0.2) is 15.0 Å². The molecule has 0 aliphatic carbocycles. The van der Waals surface area contributed by atoms with Gasteiger partial charge in [0, 0.05) is 6.42 Å². The van der Waals surface area contributed by atoms with Crippen LogP contribution in [0.5, 0.6) is 0 Å². The van der Waals surface area contributed by atoms with E-state index in [1.807, 2.05) is 11.5 Å². The zero-order chi connectivity index (χ0) is 15.4. The first kappa shape index (κ1) is 15.2. The zero-order valence-electron chi connectivity index (χ0n) is 11.9. The largest absolute Gasteiger partial charge is 0.394 e. The third-order valence-corrected chi connectivity index (χ3v) is 3.41. The number of hydrogen-bond donors (Lipinski definition) is 2. The van der Waals surface area contributed by atoms with Crippen LogP contribution in [0.15, 0.2) is 6.33 Å². The van der Waals surface area contributed by atoms with Gasteiger partial charge in [-0.15, -0.1) is 12.8 Å². The predicted molar refractivity (Wildman–Crippen MR) is 79.2 cm³/mol. The number of anilines is 1. The monoisotopic (exact) mass is 289 g/mol. The molecule has 0 spiro atoms. The normalized spacial score (nSPS) is 21.1. The van der Waals surface area contributed by atoms with Crippen LogP contribution in [0, 0.1) is 12.8 Å². The average molecular weight is 289 g/mol. The van der Waals surface area contributed by atoms with Crippen LogP contribution in [0.1, 0.15) is 31.8 Å². The highest BCUT2D eigenvalue weighted by Crippen LogP contribution is 2.30. The summed E-state index contributed by atoms with van der Waals surface area (Å²) in [6.07, 6.45) is 11.8. The number of aliphatic hydroxyl groups is 1. The molecule has 1 fully saturated rings. The molecule has 2 aromatic rings. The molecule has 21 heavy (non-hydrogen) atoms. The smallest absolute Gasteiger partial charge is 0.167 e. The lowest BCUT2D eigenvalue weighted by molar-refractivity contribution is -0.0207. The minimum absolute atomic E-state index is 0.0421. The summed E-state index contributed by atoms with van der Waals surface area (Å²) < 4.78 is 7.63. The highest BCUT2D eigenvalue weighted by Gasteiger charge is 2.27. The number of aromatic nitrogens is 4. The lowest BCUT2D eigenvalue weighted by Crippen LogP contribution is -2.14. The SMILES string of the molecule is C#C.CCc1nc(N)c2ncn(C3CCC(CO)O3)c2n1. The zero-order valence-corrected chi connectivity index (χ0v) is 11.9. The molecule has 1 aliphatic heterocycles. The quantitative estimate of drug-likeness (QED) is 0.814. The molecule has 7 heteroatoms. The molecule has 3 N–H and O–H groups in total. The summed E-state index contributed by atoms with van der Waals surface area (Å²) in [5.41, 5.74) is 7.20. The summed E-state index contributed by atoms with van der Waals surface area (Å²) in [5.74, 6) is 1.10. The van der Waals surface area contributed by atoms with Crippen molar-refractivity contribution >= 4 is 17.0 Å². The summed E-state index contributed by atoms with van der Waals surface area (Å²) in [4.78, 5) is 12.9. The fraction of sp³-hybridized carbons (Fsp3) is 0.500. The number of rotatable bonds is 3. The van der Waals surface area contributed by atoms with E-state index in [1.165, 1.54) is 0 Å². The van der Waals surface area contributed by atoms with Gasteiger partial charge >= 0.3 is 0 Å². The van der Waals surface area contributed by atoms with Crippen LogP contribution < -0.4 is 5.73 Å². The van der Waals surface area contributed by atoms with E-state index in [4.69, 9.17) is 15.6 Å². The number of imidazole rings is 1. The van der Waals surface area contributed by atoms with Crippen molar-refractivity contribution in [2.45, 2.75) is 38.5 Å². The summed E-state index contributed by atoms with van der Waals surface area (Å²) in [7, 11) is 0. The van der Waals surface area contributed by atoms with Crippen LogP contribution in [0.3, 0.4) is 0 Å². The number of terminal acetylenes is 1. The molecular weight excluding hydrogens is 270 g/mol. The summed E-state index contributed by atoms with van der Waals surface area (Å²) >= 11 is 0. The van der Waals surface area contributed by atoms with Crippen LogP contribution in [0.2, 0.25) is 0 Å². The molecule has 2 atom stereocenters. The van der Waals surface area contributed by atoms with Crippen molar-refractivity contribution in [2.24, 2.45) is 0 Å². The van der Waals surface area contributed by atoms with Crippen LogP contribution >= 0.6 is 0 Å². The minimum atomic E-state index is -0.138. The van der Waals surface area contributed by atoms with Crippen LogP contribution in [-0.2, 0) is 11.2 Å². The van der Waals surface area contributed by atoms with E-state index in [0.29, 0.717) is 22.8 Å². The van der Waals surface area contributed by atoms with Gasteiger partial charge in [0.05, 0.1) is 19.0 Å². The van der Waals surface area contributed by atoms with E-state index in [1.54, 1.807) is 6.33 Å². The van der Waals surface area contributed by atoms with Gasteiger partial charge in [-0.05, 0) is 12.8 Å². The van der Waals surface area contributed by atoms with Crippen molar-refractivity contribution < 1.29 is 9.84 Å². The summed E-state index contributed by atoms with van der Waals surface area (Å²) in [6, 6.07) is 0. The highest BCUT2D eigenvalue weighted by atomic mass is 16.5. The Morgan fingerprint density at radius 1 is 1.43 bits per heavy atom. The second-order valence-electron chi connectivity index (χ2n) is 4.68.